The first kappa shape index (κ1) is 156. The van der Waals surface area contributed by atoms with Crippen LogP contribution in [-0.4, -0.2) is 75.7 Å². The Balaban J connectivity index is -0.000000125. The van der Waals surface area contributed by atoms with Crippen molar-refractivity contribution in [2.45, 2.75) is 215 Å². The summed E-state index contributed by atoms with van der Waals surface area (Å²) in [4.78, 5) is 89.0. The van der Waals surface area contributed by atoms with Crippen LogP contribution in [0.2, 0.25) is 0 Å². The van der Waals surface area contributed by atoms with Crippen molar-refractivity contribution < 1.29 is 235 Å². The number of para-hydroxylation sites is 8. The van der Waals surface area contributed by atoms with Crippen LogP contribution in [0.25, 0.3) is 0 Å². The molecule has 0 aliphatic rings. The minimum Gasteiger partial charge on any atom is -0.478 e. The van der Waals surface area contributed by atoms with Gasteiger partial charge in [0.25, 0.3) is 0 Å². The second-order valence-corrected chi connectivity index (χ2v) is 33.3. The van der Waals surface area contributed by atoms with Crippen LogP contribution in [0.3, 0.4) is 0 Å². The summed E-state index contributed by atoms with van der Waals surface area (Å²) >= 11 is 3.20. The second kappa shape index (κ2) is 93.7. The number of hydrogen-bond acceptors (Lipinski definition) is 16. The van der Waals surface area contributed by atoms with Gasteiger partial charge in [0.1, 0.15) is 0 Å². The molecule has 138 heavy (non-hydrogen) atoms. The standard InChI is InChI=1S/2C13H18N2O.2C11H16N2O.5C7H8N.C6H5BrN.2C4H6O2.2C4H8.C3H6.CH4.6Y/c2*1-13(2,3)9-8-12(16)15-11-7-5-4-6-10(11)14;2*1-11(2,3)10(14)13-9-7-5-4-6-8(9)12;5*1-6-3-4-7(2)8-5-6;1-5-2-3-6(7)8-4-5;2*1-2-3-4(5)6;2*1-3-4-2;1-3-2;;;;;;;/h2*4-9H,14H2,1-3H3,(H,15,16);2*4-7H,12H2,1-3H3,(H,13,14);5*3-4H,1-2H3;2-3H,1H3;2*2-3H,1H3,(H,5,6);2*3-4H,1-2H3;3H,1H2,2H3;1H4;;;;;;/q;;;;6*-1;;;;;;;;;;;;/b2*9-8+;;;;;;;;;2*3-2+;2*4-3+;;;;;;;;. The molecule has 10 rings (SSSR count). The Morgan fingerprint density at radius 1 is 0.312 bits per heavy atom. The largest absolute Gasteiger partial charge is 0.478 e. The van der Waals surface area contributed by atoms with Gasteiger partial charge < -0.3 is 84.3 Å². The molecule has 0 unspecified atom stereocenters. The summed E-state index contributed by atoms with van der Waals surface area (Å²) in [6.45, 7) is 61.6. The van der Waals surface area contributed by atoms with E-state index in [0.29, 0.717) is 45.5 Å². The predicted octanol–water partition coefficient (Wildman–Crippen LogP) is 25.8. The molecule has 0 saturated heterocycles. The van der Waals surface area contributed by atoms with Gasteiger partial charge >= 0.3 is 11.9 Å². The van der Waals surface area contributed by atoms with Crippen LogP contribution in [0.4, 0.5) is 45.5 Å². The first-order valence-corrected chi connectivity index (χ1v) is 42.9. The minimum absolute atomic E-state index is 0. The number of benzene rings is 4. The molecular formula is C109H151BrN14O8Y6-6. The van der Waals surface area contributed by atoms with E-state index in [-0.39, 0.29) is 238 Å². The maximum absolute atomic E-state index is 11.6. The fourth-order valence-electron chi connectivity index (χ4n) is 7.24. The zero-order chi connectivity index (χ0) is 101. The van der Waals surface area contributed by atoms with Gasteiger partial charge in [-0.1, -0.05) is 336 Å². The third-order valence-electron chi connectivity index (χ3n) is 14.7. The van der Waals surface area contributed by atoms with Crippen molar-refractivity contribution in [3.05, 3.63) is 359 Å². The summed E-state index contributed by atoms with van der Waals surface area (Å²) in [5.74, 6) is -2.17. The Morgan fingerprint density at radius 2 is 0.500 bits per heavy atom. The van der Waals surface area contributed by atoms with Crippen molar-refractivity contribution in [2.75, 3.05) is 44.2 Å². The Bertz CT molecular complexity index is 4360. The Morgan fingerprint density at radius 3 is 0.623 bits per heavy atom. The van der Waals surface area contributed by atoms with E-state index >= 15 is 0 Å². The summed E-state index contributed by atoms with van der Waals surface area (Å²) < 4.78 is 0.836. The molecule has 4 amide bonds. The van der Waals surface area contributed by atoms with Crippen LogP contribution in [0.15, 0.2) is 260 Å². The third-order valence-corrected chi connectivity index (χ3v) is 15.1. The molecule has 0 fully saturated rings. The van der Waals surface area contributed by atoms with Gasteiger partial charge in [-0.2, -0.15) is 66.7 Å². The second-order valence-electron chi connectivity index (χ2n) is 32.5. The van der Waals surface area contributed by atoms with Crippen LogP contribution >= 0.6 is 15.9 Å². The predicted molar refractivity (Wildman–Crippen MR) is 561 cm³/mol. The number of allylic oxidation sites excluding steroid dienone is 9. The number of nitrogens with two attached hydrogens (primary N) is 4. The Hall–Kier alpha value is -6.92. The van der Waals surface area contributed by atoms with E-state index in [4.69, 9.17) is 33.1 Å². The van der Waals surface area contributed by atoms with Crippen molar-refractivity contribution in [1.82, 2.24) is 29.9 Å². The number of anilines is 8. The van der Waals surface area contributed by atoms with E-state index in [0.717, 1.165) is 78.6 Å². The topological polar surface area (TPSA) is 372 Å². The maximum Gasteiger partial charge on any atom is 0.327 e. The van der Waals surface area contributed by atoms with Gasteiger partial charge in [-0.3, -0.25) is 19.2 Å². The number of amides is 4. The molecule has 0 aliphatic heterocycles. The number of carboxylic acids is 2. The van der Waals surface area contributed by atoms with Crippen molar-refractivity contribution in [1.29, 1.82) is 0 Å². The summed E-state index contributed by atoms with van der Waals surface area (Å²) in [5, 5.41) is 26.7. The van der Waals surface area contributed by atoms with Crippen molar-refractivity contribution >= 4 is 97.0 Å². The molecule has 4 aromatic carbocycles. The molecule has 6 aromatic heterocycles. The number of halogens is 1. The minimum atomic E-state index is -0.891. The number of nitrogens with one attached hydrogen (secondary N) is 4. The number of pyridine rings is 6. The molecule has 10 aromatic rings. The van der Waals surface area contributed by atoms with Gasteiger partial charge in [-0.15, -0.1) is 62.0 Å². The Kier molecular flexibility index (Phi) is 106. The van der Waals surface area contributed by atoms with Crippen molar-refractivity contribution in [3.63, 3.8) is 0 Å². The van der Waals surface area contributed by atoms with Gasteiger partial charge in [-0.05, 0) is 125 Å². The number of rotatable bonds is 8. The number of aliphatic carboxylic acids is 2. The fraction of sp³-hybridized carbons (Fsp3) is 0.321. The van der Waals surface area contributed by atoms with E-state index in [9.17, 15) is 28.8 Å². The van der Waals surface area contributed by atoms with Crippen LogP contribution in [0.1, 0.15) is 201 Å². The smallest absolute Gasteiger partial charge is 0.327 e. The molecule has 6 radical (unpaired) electrons. The number of carbonyl (C=O) groups excluding carboxylic acids is 4. The van der Waals surface area contributed by atoms with Crippen LogP contribution < -0.4 is 44.2 Å². The molecule has 29 heteroatoms. The average Bonchev–Trinajstić information content (AvgIpc) is 0.867. The first-order chi connectivity index (χ1) is 61.1. The van der Waals surface area contributed by atoms with Gasteiger partial charge in [-0.25, -0.2) is 9.59 Å². The number of carboxylic acid groups (broad SMARTS) is 2. The SMILES string of the molecule is C.C/C=C/C.C/C=C/C.C/C=C/C(=O)O.C/C=C/C(=O)O.C=CC.CC(C)(C)/C=C/C(=O)Nc1ccccc1N.CC(C)(C)/C=C/C(=O)Nc1ccccc1N.CC(C)(C)C(=O)Nc1ccccc1N.CC(C)(C)C(=O)Nc1ccccc1N.Cc1[c-]nc(Br)cc1.Cc1[c-]nc(C)cc1.Cc1[c-]nc(C)cc1.Cc1[c-]nc(C)cc1.Cc1[c-]nc(C)cc1.Cc1[c-]nc(C)cc1.[Y].[Y].[Y].[Y].[Y].[Y]. The van der Waals surface area contributed by atoms with Gasteiger partial charge in [0.05, 0.1) is 45.5 Å². The van der Waals surface area contributed by atoms with Crippen LogP contribution in [0, 0.1) is 135 Å². The van der Waals surface area contributed by atoms with Crippen molar-refractivity contribution in [3.8, 4) is 0 Å². The number of nitrogens with zero attached hydrogens (tertiary/aromatic N) is 6. The van der Waals surface area contributed by atoms with Gasteiger partial charge in [0, 0.05) is 219 Å². The van der Waals surface area contributed by atoms with Gasteiger partial charge in [0.2, 0.25) is 23.6 Å². The van der Waals surface area contributed by atoms with Crippen LogP contribution in [-0.2, 0) is 225 Å². The van der Waals surface area contributed by atoms with E-state index in [2.05, 4.69) is 111 Å². The fourth-order valence-corrected chi connectivity index (χ4v) is 7.46. The normalized spacial score (nSPS) is 9.64. The van der Waals surface area contributed by atoms with Gasteiger partial charge in [0.15, 0.2) is 0 Å². The molecule has 22 nitrogen and oxygen atoms in total. The zero-order valence-corrected chi connectivity index (χ0v) is 105. The molecule has 0 atom stereocenters. The van der Waals surface area contributed by atoms with E-state index < -0.39 is 22.8 Å². The molecule has 0 aliphatic carbocycles. The van der Waals surface area contributed by atoms with Crippen molar-refractivity contribution in [2.24, 2.45) is 21.7 Å². The number of nitrogen functional groups attached to an aromatic ring is 4. The third kappa shape index (κ3) is 101. The quantitative estimate of drug-likeness (QED) is 0.0222. The first-order valence-electron chi connectivity index (χ1n) is 42.2. The Labute approximate surface area is 989 Å². The summed E-state index contributed by atoms with van der Waals surface area (Å²) in [6.07, 6.45) is 38.7. The molecular weight excluding hydrogens is 2250 g/mol. The number of aryl methyl sites for hydroxylation is 11. The molecule has 14 N–H and O–H groups in total. The molecule has 0 saturated carbocycles. The molecule has 0 spiro atoms. The maximum atomic E-state index is 11.6. The molecule has 736 valence electrons. The van der Waals surface area contributed by atoms with E-state index in [1.165, 1.54) is 24.3 Å². The molecule has 0 bridgehead atoms. The van der Waals surface area contributed by atoms with E-state index in [1.54, 1.807) is 68.5 Å². The molecule has 6 heterocycles. The number of carbonyl (C=O) groups is 6. The number of hydrogen-bond donors (Lipinski definition) is 10. The summed E-state index contributed by atoms with van der Waals surface area (Å²) in [6, 6.07) is 52.6. The monoisotopic (exact) mass is 2400 g/mol. The average molecular weight is 2400 g/mol. The summed E-state index contributed by atoms with van der Waals surface area (Å²) in [5.41, 5.74) is 38.6. The van der Waals surface area contributed by atoms with Crippen LogP contribution in [0.5, 0.6) is 0 Å². The number of aromatic nitrogens is 6. The van der Waals surface area contributed by atoms with E-state index in [1.807, 2.05) is 352 Å². The zero-order valence-electron chi connectivity index (χ0n) is 86.6. The summed E-state index contributed by atoms with van der Waals surface area (Å²) in [7, 11) is 0.